The molecule has 2 aromatic heterocycles. The molecule has 130 valence electrons. The number of carbonyl (C=O) groups is 1. The predicted molar refractivity (Wildman–Crippen MR) is 94.6 cm³/mol. The van der Waals surface area contributed by atoms with Crippen LogP contribution in [0.5, 0.6) is 0 Å². The van der Waals surface area contributed by atoms with Crippen LogP contribution in [0, 0.1) is 6.92 Å². The molecule has 0 unspecified atom stereocenters. The Morgan fingerprint density at radius 3 is 2.72 bits per heavy atom. The molecule has 3 aromatic rings. The van der Waals surface area contributed by atoms with Crippen LogP contribution in [0.1, 0.15) is 35.8 Å². The molecule has 25 heavy (non-hydrogen) atoms. The average Bonchev–Trinajstić information content (AvgIpc) is 3.22. The number of amides is 1. The summed E-state index contributed by atoms with van der Waals surface area (Å²) in [4.78, 5) is 12.6. The molecule has 1 aromatic carbocycles. The average molecular weight is 360 g/mol. The van der Waals surface area contributed by atoms with Gasteiger partial charge in [0, 0.05) is 17.8 Å². The Kier molecular flexibility index (Phi) is 5.14. The third-order valence-electron chi connectivity index (χ3n) is 3.77. The van der Waals surface area contributed by atoms with Gasteiger partial charge in [0.1, 0.15) is 5.15 Å². The standard InChI is InChI=1S/C17H18ClN5O2/c1-3-4-9-23-15(18)14(11(2)22-23)16(24)20-13-7-5-12(6-8-13)17-21-19-10-25-17/h5-8,10H,3-4,9H2,1-2H3,(H,20,24). The van der Waals surface area contributed by atoms with Crippen LogP contribution < -0.4 is 5.32 Å². The minimum absolute atomic E-state index is 0.282. The lowest BCUT2D eigenvalue weighted by molar-refractivity contribution is 0.102. The van der Waals surface area contributed by atoms with Gasteiger partial charge in [-0.2, -0.15) is 5.10 Å². The summed E-state index contributed by atoms with van der Waals surface area (Å²) in [7, 11) is 0. The fraction of sp³-hybridized carbons (Fsp3) is 0.294. The van der Waals surface area contributed by atoms with Crippen LogP contribution in [0.2, 0.25) is 5.15 Å². The minimum atomic E-state index is -0.282. The van der Waals surface area contributed by atoms with E-state index in [1.165, 1.54) is 6.39 Å². The van der Waals surface area contributed by atoms with Crippen molar-refractivity contribution in [3.63, 3.8) is 0 Å². The van der Waals surface area contributed by atoms with Crippen molar-refractivity contribution in [2.24, 2.45) is 0 Å². The van der Waals surface area contributed by atoms with E-state index in [0.29, 0.717) is 34.5 Å². The molecule has 0 aliphatic rings. The Bertz CT molecular complexity index is 856. The maximum Gasteiger partial charge on any atom is 0.260 e. The van der Waals surface area contributed by atoms with Gasteiger partial charge in [0.2, 0.25) is 12.3 Å². The van der Waals surface area contributed by atoms with Crippen LogP contribution in [0.15, 0.2) is 35.1 Å². The fourth-order valence-corrected chi connectivity index (χ4v) is 2.80. The molecule has 1 amide bonds. The zero-order valence-corrected chi connectivity index (χ0v) is 14.7. The molecule has 7 nitrogen and oxygen atoms in total. The van der Waals surface area contributed by atoms with E-state index in [9.17, 15) is 4.79 Å². The summed E-state index contributed by atoms with van der Waals surface area (Å²) >= 11 is 6.33. The molecule has 3 rings (SSSR count). The van der Waals surface area contributed by atoms with Crippen LogP contribution in [-0.4, -0.2) is 25.9 Å². The third-order valence-corrected chi connectivity index (χ3v) is 4.15. The second-order valence-corrected chi connectivity index (χ2v) is 5.96. The fourth-order valence-electron chi connectivity index (χ4n) is 2.46. The Labute approximate surface area is 150 Å². The number of hydrogen-bond acceptors (Lipinski definition) is 5. The van der Waals surface area contributed by atoms with Gasteiger partial charge in [-0.1, -0.05) is 24.9 Å². The molecule has 0 saturated carbocycles. The highest BCUT2D eigenvalue weighted by Crippen LogP contribution is 2.23. The van der Waals surface area contributed by atoms with Gasteiger partial charge < -0.3 is 9.73 Å². The highest BCUT2D eigenvalue weighted by Gasteiger charge is 2.20. The molecule has 0 atom stereocenters. The lowest BCUT2D eigenvalue weighted by atomic mass is 10.2. The molecule has 0 aliphatic heterocycles. The van der Waals surface area contributed by atoms with Gasteiger partial charge in [-0.15, -0.1) is 10.2 Å². The van der Waals surface area contributed by atoms with Crippen molar-refractivity contribution in [3.05, 3.63) is 47.1 Å². The maximum atomic E-state index is 12.6. The number of rotatable bonds is 6. The maximum absolute atomic E-state index is 12.6. The van der Waals surface area contributed by atoms with Crippen LogP contribution in [0.25, 0.3) is 11.5 Å². The Hall–Kier alpha value is -2.67. The van der Waals surface area contributed by atoms with Crippen molar-refractivity contribution in [3.8, 4) is 11.5 Å². The minimum Gasteiger partial charge on any atom is -0.423 e. The molecule has 2 heterocycles. The largest absolute Gasteiger partial charge is 0.423 e. The van der Waals surface area contributed by atoms with Gasteiger partial charge in [-0.25, -0.2) is 0 Å². The van der Waals surface area contributed by atoms with Gasteiger partial charge in [0.05, 0.1) is 11.3 Å². The number of carbonyl (C=O) groups excluding carboxylic acids is 1. The highest BCUT2D eigenvalue weighted by atomic mass is 35.5. The molecule has 0 bridgehead atoms. The monoisotopic (exact) mass is 359 g/mol. The van der Waals surface area contributed by atoms with E-state index in [1.54, 1.807) is 35.9 Å². The summed E-state index contributed by atoms with van der Waals surface area (Å²) in [6, 6.07) is 7.12. The summed E-state index contributed by atoms with van der Waals surface area (Å²) in [5.41, 5.74) is 2.43. The number of halogens is 1. The first-order chi connectivity index (χ1) is 12.1. The Balaban J connectivity index is 1.75. The van der Waals surface area contributed by atoms with Gasteiger partial charge in [0.15, 0.2) is 0 Å². The first kappa shape index (κ1) is 17.2. The van der Waals surface area contributed by atoms with E-state index in [1.807, 2.05) is 0 Å². The quantitative estimate of drug-likeness (QED) is 0.720. The molecule has 0 radical (unpaired) electrons. The zero-order valence-electron chi connectivity index (χ0n) is 14.0. The van der Waals surface area contributed by atoms with Gasteiger partial charge in [-0.05, 0) is 37.6 Å². The number of anilines is 1. The van der Waals surface area contributed by atoms with E-state index < -0.39 is 0 Å². The summed E-state index contributed by atoms with van der Waals surface area (Å²) in [5.74, 6) is 0.143. The Morgan fingerprint density at radius 1 is 1.32 bits per heavy atom. The molecule has 0 spiro atoms. The molecule has 0 fully saturated rings. The third kappa shape index (κ3) is 3.71. The second kappa shape index (κ2) is 7.48. The van der Waals surface area contributed by atoms with Crippen LogP contribution >= 0.6 is 11.6 Å². The molecular weight excluding hydrogens is 342 g/mol. The van der Waals surface area contributed by atoms with Crippen LogP contribution in [0.4, 0.5) is 5.69 Å². The smallest absolute Gasteiger partial charge is 0.260 e. The molecular formula is C17H18ClN5O2. The lowest BCUT2D eigenvalue weighted by Gasteiger charge is -2.06. The number of unbranched alkanes of at least 4 members (excludes halogenated alkanes) is 1. The van der Waals surface area contributed by atoms with E-state index in [-0.39, 0.29) is 5.91 Å². The van der Waals surface area contributed by atoms with Crippen LogP contribution in [0.3, 0.4) is 0 Å². The highest BCUT2D eigenvalue weighted by molar-refractivity contribution is 6.33. The topological polar surface area (TPSA) is 85.8 Å². The summed E-state index contributed by atoms with van der Waals surface area (Å²) < 4.78 is 6.81. The van der Waals surface area contributed by atoms with Gasteiger partial charge in [0.25, 0.3) is 5.91 Å². The normalized spacial score (nSPS) is 10.8. The van der Waals surface area contributed by atoms with Crippen molar-refractivity contribution in [1.82, 2.24) is 20.0 Å². The van der Waals surface area contributed by atoms with Crippen molar-refractivity contribution in [2.45, 2.75) is 33.2 Å². The van der Waals surface area contributed by atoms with Crippen molar-refractivity contribution < 1.29 is 9.21 Å². The predicted octanol–water partition coefficient (Wildman–Crippen LogP) is 3.95. The van der Waals surface area contributed by atoms with E-state index >= 15 is 0 Å². The SMILES string of the molecule is CCCCn1nc(C)c(C(=O)Nc2ccc(-c3nnco3)cc2)c1Cl. The molecule has 8 heteroatoms. The number of benzene rings is 1. The first-order valence-corrected chi connectivity index (χ1v) is 8.38. The first-order valence-electron chi connectivity index (χ1n) is 8.01. The summed E-state index contributed by atoms with van der Waals surface area (Å²) in [6.07, 6.45) is 3.26. The van der Waals surface area contributed by atoms with E-state index in [0.717, 1.165) is 18.4 Å². The van der Waals surface area contributed by atoms with E-state index in [4.69, 9.17) is 16.0 Å². The lowest BCUT2D eigenvalue weighted by Crippen LogP contribution is -2.13. The number of nitrogens with zero attached hydrogens (tertiary/aromatic N) is 4. The van der Waals surface area contributed by atoms with E-state index in [2.05, 4.69) is 27.5 Å². The van der Waals surface area contributed by atoms with Crippen LogP contribution in [-0.2, 0) is 6.54 Å². The summed E-state index contributed by atoms with van der Waals surface area (Å²) in [6.45, 7) is 4.57. The number of hydrogen-bond donors (Lipinski definition) is 1. The zero-order chi connectivity index (χ0) is 17.8. The van der Waals surface area contributed by atoms with Gasteiger partial charge in [-0.3, -0.25) is 9.48 Å². The van der Waals surface area contributed by atoms with Crippen molar-refractivity contribution in [1.29, 1.82) is 0 Å². The van der Waals surface area contributed by atoms with Crippen molar-refractivity contribution >= 4 is 23.2 Å². The molecule has 0 aliphatic carbocycles. The second-order valence-electron chi connectivity index (χ2n) is 5.60. The van der Waals surface area contributed by atoms with Crippen molar-refractivity contribution in [2.75, 3.05) is 5.32 Å². The number of aromatic nitrogens is 4. The number of nitrogens with one attached hydrogen (secondary N) is 1. The Morgan fingerprint density at radius 2 is 2.08 bits per heavy atom. The number of aryl methyl sites for hydroxylation is 2. The summed E-state index contributed by atoms with van der Waals surface area (Å²) in [5, 5.41) is 15.0. The van der Waals surface area contributed by atoms with Gasteiger partial charge >= 0.3 is 0 Å². The molecule has 0 saturated heterocycles. The molecule has 1 N–H and O–H groups in total.